The molecule has 1 aromatic carbocycles. The van der Waals surface area contributed by atoms with Crippen molar-refractivity contribution in [3.63, 3.8) is 0 Å². The molecule has 3 rings (SSSR count). The van der Waals surface area contributed by atoms with Gasteiger partial charge < -0.3 is 4.52 Å². The molecule has 0 radical (unpaired) electrons. The smallest absolute Gasteiger partial charge is 0.237 e. The molecule has 8 heteroatoms. The molecular weight excluding hydrogens is 317 g/mol. The summed E-state index contributed by atoms with van der Waals surface area (Å²) in [4.78, 5) is 8.63. The van der Waals surface area contributed by atoms with E-state index in [1.54, 1.807) is 18.2 Å². The fourth-order valence-corrected chi connectivity index (χ4v) is 2.46. The number of hydrogen-bond donors (Lipinski definition) is 1. The summed E-state index contributed by atoms with van der Waals surface area (Å²) in [5, 5.41) is 11.3. The van der Waals surface area contributed by atoms with Crippen LogP contribution in [0, 0.1) is 5.82 Å². The van der Waals surface area contributed by atoms with Crippen molar-refractivity contribution in [3.05, 3.63) is 41.8 Å². The largest absolute Gasteiger partial charge is 0.338 e. The number of rotatable bonds is 4. The van der Waals surface area contributed by atoms with E-state index in [0.717, 1.165) is 0 Å². The highest BCUT2D eigenvalue weighted by Gasteiger charge is 2.21. The van der Waals surface area contributed by atoms with Crippen LogP contribution < -0.4 is 0 Å². The monoisotopic (exact) mass is 333 g/mol. The predicted molar refractivity (Wildman–Crippen MR) is 84.3 cm³/mol. The van der Waals surface area contributed by atoms with Gasteiger partial charge in [-0.05, 0) is 12.1 Å². The Morgan fingerprint density at radius 3 is 2.70 bits per heavy atom. The maximum absolute atomic E-state index is 13.7. The molecule has 0 spiro atoms. The molecule has 0 aliphatic carbocycles. The molecule has 0 atom stereocenters. The zero-order valence-corrected chi connectivity index (χ0v) is 13.8. The SMILES string of the molecule is CC(C)(C)c1noc(CSc2n[nH]c(-c3ccccc3F)n2)n1. The molecule has 0 aliphatic rings. The lowest BCUT2D eigenvalue weighted by atomic mass is 9.96. The molecule has 0 saturated heterocycles. The lowest BCUT2D eigenvalue weighted by Gasteiger charge is -2.10. The van der Waals surface area contributed by atoms with E-state index in [1.807, 2.05) is 20.8 Å². The van der Waals surface area contributed by atoms with Gasteiger partial charge in [-0.2, -0.15) is 4.98 Å². The van der Waals surface area contributed by atoms with Crippen molar-refractivity contribution < 1.29 is 8.91 Å². The standard InChI is InChI=1S/C15H16FN5OS/c1-15(2,3)13-17-11(22-21-13)8-23-14-18-12(19-20-14)9-6-4-5-7-10(9)16/h4-7H,8H2,1-3H3,(H,18,19,20). The molecular formula is C15H16FN5OS. The minimum Gasteiger partial charge on any atom is -0.338 e. The summed E-state index contributed by atoms with van der Waals surface area (Å²) in [6, 6.07) is 6.42. The molecule has 2 aromatic heterocycles. The molecule has 6 nitrogen and oxygen atoms in total. The second-order valence-electron chi connectivity index (χ2n) is 6.00. The number of hydrogen-bond acceptors (Lipinski definition) is 6. The maximum atomic E-state index is 13.7. The Labute approximate surface area is 136 Å². The Morgan fingerprint density at radius 1 is 1.22 bits per heavy atom. The van der Waals surface area contributed by atoms with Gasteiger partial charge in [0.1, 0.15) is 5.82 Å². The van der Waals surface area contributed by atoms with Crippen LogP contribution in [0.5, 0.6) is 0 Å². The predicted octanol–water partition coefficient (Wildman–Crippen LogP) is 3.58. The maximum Gasteiger partial charge on any atom is 0.237 e. The number of halogens is 1. The van der Waals surface area contributed by atoms with Gasteiger partial charge in [0.15, 0.2) is 11.6 Å². The fourth-order valence-electron chi connectivity index (χ4n) is 1.83. The van der Waals surface area contributed by atoms with Crippen LogP contribution in [-0.4, -0.2) is 25.3 Å². The number of aromatic nitrogens is 5. The van der Waals surface area contributed by atoms with Gasteiger partial charge in [-0.3, -0.25) is 5.10 Å². The van der Waals surface area contributed by atoms with E-state index in [-0.39, 0.29) is 11.2 Å². The normalized spacial score (nSPS) is 11.8. The molecule has 0 unspecified atom stereocenters. The average molecular weight is 333 g/mol. The van der Waals surface area contributed by atoms with Gasteiger partial charge in [0.25, 0.3) is 0 Å². The quantitative estimate of drug-likeness (QED) is 0.735. The van der Waals surface area contributed by atoms with Crippen molar-refractivity contribution in [3.8, 4) is 11.4 Å². The van der Waals surface area contributed by atoms with E-state index in [9.17, 15) is 4.39 Å². The second-order valence-corrected chi connectivity index (χ2v) is 6.94. The Hall–Kier alpha value is -2.22. The first kappa shape index (κ1) is 15.7. The minimum absolute atomic E-state index is 0.158. The highest BCUT2D eigenvalue weighted by molar-refractivity contribution is 7.98. The molecule has 0 saturated carbocycles. The molecule has 0 aliphatic heterocycles. The van der Waals surface area contributed by atoms with Crippen LogP contribution in [0.4, 0.5) is 4.39 Å². The van der Waals surface area contributed by atoms with Crippen molar-refractivity contribution >= 4 is 11.8 Å². The van der Waals surface area contributed by atoms with Crippen molar-refractivity contribution in [1.29, 1.82) is 0 Å². The van der Waals surface area contributed by atoms with Crippen molar-refractivity contribution in [1.82, 2.24) is 25.3 Å². The van der Waals surface area contributed by atoms with Crippen LogP contribution in [0.1, 0.15) is 32.5 Å². The Morgan fingerprint density at radius 2 is 2.00 bits per heavy atom. The lowest BCUT2D eigenvalue weighted by Crippen LogP contribution is -2.13. The van der Waals surface area contributed by atoms with Crippen molar-refractivity contribution in [2.75, 3.05) is 0 Å². The topological polar surface area (TPSA) is 80.5 Å². The minimum atomic E-state index is -0.341. The molecule has 0 amide bonds. The fraction of sp³-hybridized carbons (Fsp3) is 0.333. The second kappa shape index (κ2) is 6.11. The number of nitrogens with zero attached hydrogens (tertiary/aromatic N) is 4. The summed E-state index contributed by atoms with van der Waals surface area (Å²) in [5.41, 5.74) is 0.231. The van der Waals surface area contributed by atoms with E-state index in [2.05, 4.69) is 25.3 Å². The molecule has 1 N–H and O–H groups in total. The molecule has 2 heterocycles. The van der Waals surface area contributed by atoms with Gasteiger partial charge >= 0.3 is 0 Å². The summed E-state index contributed by atoms with van der Waals surface area (Å²) in [6.07, 6.45) is 0. The summed E-state index contributed by atoms with van der Waals surface area (Å²) in [5.74, 6) is 1.68. The van der Waals surface area contributed by atoms with Crippen LogP contribution in [0.25, 0.3) is 11.4 Å². The van der Waals surface area contributed by atoms with Crippen LogP contribution in [0.3, 0.4) is 0 Å². The van der Waals surface area contributed by atoms with Gasteiger partial charge in [-0.15, -0.1) is 5.10 Å². The van der Waals surface area contributed by atoms with Crippen molar-refractivity contribution in [2.45, 2.75) is 37.1 Å². The van der Waals surface area contributed by atoms with Crippen LogP contribution >= 0.6 is 11.8 Å². The third-order valence-corrected chi connectivity index (χ3v) is 3.89. The molecule has 23 heavy (non-hydrogen) atoms. The molecule has 0 bridgehead atoms. The average Bonchev–Trinajstić information content (AvgIpc) is 3.14. The van der Waals surface area contributed by atoms with Gasteiger partial charge in [0.2, 0.25) is 11.0 Å². The third kappa shape index (κ3) is 3.58. The number of nitrogens with one attached hydrogen (secondary N) is 1. The first-order valence-electron chi connectivity index (χ1n) is 7.06. The number of H-pyrrole nitrogens is 1. The lowest BCUT2D eigenvalue weighted by molar-refractivity contribution is 0.373. The van der Waals surface area contributed by atoms with Crippen LogP contribution in [0.2, 0.25) is 0 Å². The van der Waals surface area contributed by atoms with E-state index in [0.29, 0.717) is 34.0 Å². The Balaban J connectivity index is 1.68. The number of benzene rings is 1. The van der Waals surface area contributed by atoms with E-state index < -0.39 is 0 Å². The molecule has 0 fully saturated rings. The summed E-state index contributed by atoms with van der Waals surface area (Å²) >= 11 is 1.35. The van der Waals surface area contributed by atoms with Gasteiger partial charge in [-0.25, -0.2) is 9.37 Å². The Bertz CT molecular complexity index is 808. The zero-order chi connectivity index (χ0) is 16.4. The Kier molecular flexibility index (Phi) is 4.16. The highest BCUT2D eigenvalue weighted by Crippen LogP contribution is 2.24. The van der Waals surface area contributed by atoms with Crippen LogP contribution in [0.15, 0.2) is 33.9 Å². The number of aromatic amines is 1. The molecule has 120 valence electrons. The summed E-state index contributed by atoms with van der Waals surface area (Å²) < 4.78 is 18.9. The summed E-state index contributed by atoms with van der Waals surface area (Å²) in [6.45, 7) is 6.06. The summed E-state index contributed by atoms with van der Waals surface area (Å²) in [7, 11) is 0. The number of thioether (sulfide) groups is 1. The van der Waals surface area contributed by atoms with Gasteiger partial charge in [0.05, 0.1) is 11.3 Å². The van der Waals surface area contributed by atoms with E-state index >= 15 is 0 Å². The van der Waals surface area contributed by atoms with Gasteiger partial charge in [0, 0.05) is 5.41 Å². The highest BCUT2D eigenvalue weighted by atomic mass is 32.2. The zero-order valence-electron chi connectivity index (χ0n) is 13.0. The first-order chi connectivity index (χ1) is 10.9. The molecule has 3 aromatic rings. The third-order valence-electron chi connectivity index (χ3n) is 3.06. The van der Waals surface area contributed by atoms with E-state index in [1.165, 1.54) is 17.8 Å². The first-order valence-corrected chi connectivity index (χ1v) is 8.05. The van der Waals surface area contributed by atoms with Crippen LogP contribution in [-0.2, 0) is 11.2 Å². The van der Waals surface area contributed by atoms with E-state index in [4.69, 9.17) is 4.52 Å². The van der Waals surface area contributed by atoms with Gasteiger partial charge in [-0.1, -0.05) is 49.8 Å². The van der Waals surface area contributed by atoms with Crippen molar-refractivity contribution in [2.24, 2.45) is 0 Å².